The molecule has 2 aliphatic rings. The minimum absolute atomic E-state index is 0.0821. The van der Waals surface area contributed by atoms with E-state index in [1.165, 1.54) is 15.6 Å². The number of piperidine rings is 1. The van der Waals surface area contributed by atoms with Gasteiger partial charge in [0.2, 0.25) is 5.91 Å². The summed E-state index contributed by atoms with van der Waals surface area (Å²) in [6, 6.07) is 9.00. The fourth-order valence-corrected chi connectivity index (χ4v) is 7.60. The fraction of sp³-hybridized carbons (Fsp3) is 0.450. The van der Waals surface area contributed by atoms with Crippen molar-refractivity contribution in [1.82, 2.24) is 4.31 Å². The Kier molecular flexibility index (Phi) is 6.94. The predicted molar refractivity (Wildman–Crippen MR) is 125 cm³/mol. The van der Waals surface area contributed by atoms with Gasteiger partial charge in [0.25, 0.3) is 10.0 Å². The molecule has 2 aliphatic heterocycles. The lowest BCUT2D eigenvalue weighted by molar-refractivity contribution is -0.120. The van der Waals surface area contributed by atoms with Gasteiger partial charge in [-0.05, 0) is 42.5 Å². The molecule has 1 amide bonds. The van der Waals surface area contributed by atoms with Crippen LogP contribution in [-0.4, -0.2) is 56.3 Å². The molecule has 1 aromatic heterocycles. The summed E-state index contributed by atoms with van der Waals surface area (Å²) in [5.41, 5.74) is 1.68. The van der Waals surface area contributed by atoms with Gasteiger partial charge in [-0.25, -0.2) is 8.42 Å². The van der Waals surface area contributed by atoms with Gasteiger partial charge < -0.3 is 10.2 Å². The number of rotatable bonds is 5. The maximum atomic E-state index is 12.7. The Bertz CT molecular complexity index is 984. The molecule has 30 heavy (non-hydrogen) atoms. The van der Waals surface area contributed by atoms with Gasteiger partial charge in [-0.3, -0.25) is 4.79 Å². The van der Waals surface area contributed by atoms with Gasteiger partial charge in [-0.1, -0.05) is 17.7 Å². The molecule has 10 heteroatoms. The molecule has 3 heterocycles. The highest BCUT2D eigenvalue weighted by molar-refractivity contribution is 7.99. The van der Waals surface area contributed by atoms with E-state index in [9.17, 15) is 13.2 Å². The molecular formula is C20H24ClN3O3S3. The van der Waals surface area contributed by atoms with Gasteiger partial charge in [0.05, 0.1) is 10.7 Å². The van der Waals surface area contributed by atoms with Crippen LogP contribution in [0, 0.1) is 5.92 Å². The highest BCUT2D eigenvalue weighted by Gasteiger charge is 2.32. The van der Waals surface area contributed by atoms with Crippen LogP contribution >= 0.6 is 34.7 Å². The zero-order chi connectivity index (χ0) is 21.1. The molecule has 0 bridgehead atoms. The molecule has 0 radical (unpaired) electrons. The van der Waals surface area contributed by atoms with Gasteiger partial charge in [-0.2, -0.15) is 16.1 Å². The first kappa shape index (κ1) is 22.0. The van der Waals surface area contributed by atoms with Crippen LogP contribution in [0.1, 0.15) is 12.8 Å². The van der Waals surface area contributed by atoms with Crippen molar-refractivity contribution in [3.05, 3.63) is 40.7 Å². The van der Waals surface area contributed by atoms with Crippen molar-refractivity contribution in [2.24, 2.45) is 5.92 Å². The van der Waals surface area contributed by atoms with E-state index in [0.717, 1.165) is 30.3 Å². The quantitative estimate of drug-likeness (QED) is 0.693. The highest BCUT2D eigenvalue weighted by Crippen LogP contribution is 2.31. The number of nitrogens with one attached hydrogen (secondary N) is 1. The van der Waals surface area contributed by atoms with Crippen LogP contribution in [0.3, 0.4) is 0 Å². The third-order valence-corrected chi connectivity index (χ3v) is 10.00. The zero-order valence-electron chi connectivity index (χ0n) is 16.4. The molecule has 162 valence electrons. The first-order valence-electron chi connectivity index (χ1n) is 9.92. The largest absolute Gasteiger partial charge is 0.369 e. The molecule has 1 aromatic carbocycles. The van der Waals surface area contributed by atoms with E-state index in [-0.39, 0.29) is 11.8 Å². The minimum Gasteiger partial charge on any atom is -0.369 e. The van der Waals surface area contributed by atoms with Crippen LogP contribution in [0.15, 0.2) is 39.9 Å². The first-order chi connectivity index (χ1) is 14.4. The summed E-state index contributed by atoms with van der Waals surface area (Å²) < 4.78 is 27.1. The number of anilines is 2. The third-order valence-electron chi connectivity index (χ3n) is 5.48. The number of carbonyl (C=O) groups is 1. The number of thiophene rings is 1. The smallest absolute Gasteiger partial charge is 0.252 e. The summed E-state index contributed by atoms with van der Waals surface area (Å²) in [5, 5.41) is 5.35. The topological polar surface area (TPSA) is 69.7 Å². The summed E-state index contributed by atoms with van der Waals surface area (Å²) in [6.45, 7) is 2.65. The standard InChI is InChI=1S/C20H24ClN3O3S3/c21-17-14-16(3-4-18(17)23-9-12-28-13-10-23)22-20(25)15-5-7-24(8-6-15)30(26,27)19-2-1-11-29-19/h1-4,11,14-15H,5-10,12-13H2,(H,22,25). The van der Waals surface area contributed by atoms with E-state index in [4.69, 9.17) is 11.6 Å². The lowest BCUT2D eigenvalue weighted by Crippen LogP contribution is -2.41. The lowest BCUT2D eigenvalue weighted by Gasteiger charge is -2.30. The molecule has 0 saturated carbocycles. The summed E-state index contributed by atoms with van der Waals surface area (Å²) in [7, 11) is -3.45. The molecule has 4 rings (SSSR count). The summed E-state index contributed by atoms with van der Waals surface area (Å²) in [4.78, 5) is 15.0. The Morgan fingerprint density at radius 2 is 1.83 bits per heavy atom. The number of hydrogen-bond acceptors (Lipinski definition) is 6. The van der Waals surface area contributed by atoms with E-state index in [1.54, 1.807) is 23.6 Å². The van der Waals surface area contributed by atoms with Crippen LogP contribution in [0.25, 0.3) is 0 Å². The predicted octanol–water partition coefficient (Wildman–Crippen LogP) is 3.99. The van der Waals surface area contributed by atoms with Crippen LogP contribution in [-0.2, 0) is 14.8 Å². The maximum absolute atomic E-state index is 12.7. The molecule has 2 saturated heterocycles. The van der Waals surface area contributed by atoms with Gasteiger partial charge in [0.15, 0.2) is 0 Å². The number of sulfonamides is 1. The third kappa shape index (κ3) is 4.80. The Balaban J connectivity index is 1.34. The Morgan fingerprint density at radius 1 is 1.10 bits per heavy atom. The summed E-state index contributed by atoms with van der Waals surface area (Å²) >= 11 is 9.64. The zero-order valence-corrected chi connectivity index (χ0v) is 19.6. The van der Waals surface area contributed by atoms with Crippen molar-refractivity contribution in [2.75, 3.05) is 47.9 Å². The van der Waals surface area contributed by atoms with E-state index in [0.29, 0.717) is 40.9 Å². The van der Waals surface area contributed by atoms with Crippen molar-refractivity contribution in [2.45, 2.75) is 17.1 Å². The number of nitrogens with zero attached hydrogens (tertiary/aromatic N) is 2. The number of carbonyl (C=O) groups excluding carboxylic acids is 1. The maximum Gasteiger partial charge on any atom is 0.252 e. The van der Waals surface area contributed by atoms with E-state index in [2.05, 4.69) is 10.2 Å². The number of thioether (sulfide) groups is 1. The number of benzene rings is 1. The Morgan fingerprint density at radius 3 is 2.47 bits per heavy atom. The molecular weight excluding hydrogens is 462 g/mol. The average molecular weight is 486 g/mol. The van der Waals surface area contributed by atoms with Crippen LogP contribution in [0.2, 0.25) is 5.02 Å². The highest BCUT2D eigenvalue weighted by atomic mass is 35.5. The molecule has 2 aromatic rings. The molecule has 0 aliphatic carbocycles. The lowest BCUT2D eigenvalue weighted by atomic mass is 9.97. The summed E-state index contributed by atoms with van der Waals surface area (Å²) in [6.07, 6.45) is 1.02. The summed E-state index contributed by atoms with van der Waals surface area (Å²) in [5.74, 6) is 1.89. The number of halogens is 1. The van der Waals surface area contributed by atoms with Gasteiger partial charge in [-0.15, -0.1) is 11.3 Å². The molecule has 0 atom stereocenters. The molecule has 0 unspecified atom stereocenters. The van der Waals surface area contributed by atoms with Gasteiger partial charge >= 0.3 is 0 Å². The van der Waals surface area contributed by atoms with Crippen molar-refractivity contribution in [1.29, 1.82) is 0 Å². The van der Waals surface area contributed by atoms with E-state index < -0.39 is 10.0 Å². The van der Waals surface area contributed by atoms with Crippen molar-refractivity contribution in [3.8, 4) is 0 Å². The SMILES string of the molecule is O=C(Nc1ccc(N2CCSCC2)c(Cl)c1)C1CCN(S(=O)(=O)c2cccs2)CC1. The van der Waals surface area contributed by atoms with Crippen molar-refractivity contribution >= 4 is 62.0 Å². The second kappa shape index (κ2) is 9.48. The second-order valence-corrected chi connectivity index (χ2v) is 12.1. The fourth-order valence-electron chi connectivity index (χ4n) is 3.79. The Hall–Kier alpha value is -1.26. The Labute approximate surface area is 190 Å². The second-order valence-electron chi connectivity index (χ2n) is 7.37. The van der Waals surface area contributed by atoms with Crippen molar-refractivity contribution < 1.29 is 13.2 Å². The number of amides is 1. The molecule has 2 fully saturated rings. The van der Waals surface area contributed by atoms with Gasteiger partial charge in [0.1, 0.15) is 4.21 Å². The average Bonchev–Trinajstić information content (AvgIpc) is 3.30. The monoisotopic (exact) mass is 485 g/mol. The van der Waals surface area contributed by atoms with Crippen molar-refractivity contribution in [3.63, 3.8) is 0 Å². The normalized spacial score (nSPS) is 19.0. The van der Waals surface area contributed by atoms with Gasteiger partial charge in [0, 0.05) is 49.3 Å². The molecule has 6 nitrogen and oxygen atoms in total. The number of hydrogen-bond donors (Lipinski definition) is 1. The minimum atomic E-state index is -3.45. The molecule has 1 N–H and O–H groups in total. The van der Waals surface area contributed by atoms with Crippen LogP contribution in [0.5, 0.6) is 0 Å². The van der Waals surface area contributed by atoms with Crippen LogP contribution < -0.4 is 10.2 Å². The molecule has 0 spiro atoms. The van der Waals surface area contributed by atoms with E-state index in [1.807, 2.05) is 23.9 Å². The first-order valence-corrected chi connectivity index (χ1v) is 13.8. The van der Waals surface area contributed by atoms with Crippen LogP contribution in [0.4, 0.5) is 11.4 Å². The van der Waals surface area contributed by atoms with E-state index >= 15 is 0 Å².